The zero-order chi connectivity index (χ0) is 19.1. The van der Waals surface area contributed by atoms with E-state index in [-0.39, 0.29) is 23.9 Å². The lowest BCUT2D eigenvalue weighted by Gasteiger charge is -2.06. The molecule has 0 unspecified atom stereocenters. The number of nitrogens with zero attached hydrogens (tertiary/aromatic N) is 5. The second kappa shape index (κ2) is 6.58. The molecule has 4 aromatic rings. The maximum atomic E-state index is 13.0. The van der Waals surface area contributed by atoms with Gasteiger partial charge in [0.15, 0.2) is 17.8 Å². The standard InChI is InChI=1S/C16H11BrF2N6O2/c17-10-11(8-4-2-1-3-5-8)22-15(20)25-14(10)23-24(16(25)26)6-9-12(13(18)19)21-7-27-9/h1-5,7,13H,6H2,(H2,20,22). The van der Waals surface area contributed by atoms with Crippen molar-refractivity contribution in [1.82, 2.24) is 24.1 Å². The third kappa shape index (κ3) is 2.89. The molecule has 0 radical (unpaired) electrons. The van der Waals surface area contributed by atoms with Gasteiger partial charge in [0.25, 0.3) is 6.43 Å². The van der Waals surface area contributed by atoms with Crippen molar-refractivity contribution in [2.24, 2.45) is 0 Å². The third-order valence-corrected chi connectivity index (χ3v) is 4.65. The summed E-state index contributed by atoms with van der Waals surface area (Å²) in [6.07, 6.45) is -1.92. The first kappa shape index (κ1) is 17.3. The summed E-state index contributed by atoms with van der Waals surface area (Å²) in [5.41, 5.74) is 6.28. The molecule has 0 aliphatic heterocycles. The van der Waals surface area contributed by atoms with Crippen LogP contribution in [0, 0.1) is 0 Å². The van der Waals surface area contributed by atoms with Gasteiger partial charge in [0.05, 0.1) is 10.2 Å². The maximum absolute atomic E-state index is 13.0. The van der Waals surface area contributed by atoms with E-state index in [9.17, 15) is 13.6 Å². The molecule has 0 amide bonds. The summed E-state index contributed by atoms with van der Waals surface area (Å²) < 4.78 is 33.4. The molecule has 0 saturated carbocycles. The number of rotatable bonds is 4. The fourth-order valence-electron chi connectivity index (χ4n) is 2.68. The Morgan fingerprint density at radius 2 is 2.00 bits per heavy atom. The van der Waals surface area contributed by atoms with Crippen molar-refractivity contribution in [2.45, 2.75) is 13.0 Å². The Labute approximate surface area is 158 Å². The van der Waals surface area contributed by atoms with Gasteiger partial charge < -0.3 is 10.2 Å². The highest BCUT2D eigenvalue weighted by atomic mass is 79.9. The van der Waals surface area contributed by atoms with Crippen molar-refractivity contribution < 1.29 is 13.2 Å². The van der Waals surface area contributed by atoms with Gasteiger partial charge >= 0.3 is 5.69 Å². The second-order valence-corrected chi connectivity index (χ2v) is 6.35. The Morgan fingerprint density at radius 1 is 1.26 bits per heavy atom. The van der Waals surface area contributed by atoms with Crippen molar-refractivity contribution in [3.8, 4) is 11.3 Å². The molecule has 0 saturated heterocycles. The monoisotopic (exact) mass is 436 g/mol. The van der Waals surface area contributed by atoms with Crippen LogP contribution in [-0.2, 0) is 6.54 Å². The van der Waals surface area contributed by atoms with Crippen LogP contribution < -0.4 is 11.4 Å². The minimum absolute atomic E-state index is 0.0741. The highest BCUT2D eigenvalue weighted by Crippen LogP contribution is 2.30. The van der Waals surface area contributed by atoms with Crippen molar-refractivity contribution in [3.05, 3.63) is 63.1 Å². The average molecular weight is 437 g/mol. The first-order valence-electron chi connectivity index (χ1n) is 7.67. The van der Waals surface area contributed by atoms with Gasteiger partial charge in [-0.25, -0.2) is 32.6 Å². The summed E-state index contributed by atoms with van der Waals surface area (Å²) in [6.45, 7) is -0.313. The minimum atomic E-state index is -2.82. The number of nitrogen functional groups attached to an aromatic ring is 1. The Balaban J connectivity index is 1.86. The van der Waals surface area contributed by atoms with Gasteiger partial charge in [-0.2, -0.15) is 0 Å². The fraction of sp³-hybridized carbons (Fsp3) is 0.125. The molecule has 0 aliphatic carbocycles. The van der Waals surface area contributed by atoms with E-state index in [1.807, 2.05) is 30.3 Å². The van der Waals surface area contributed by atoms with E-state index < -0.39 is 17.8 Å². The number of aromatic nitrogens is 5. The topological polar surface area (TPSA) is 104 Å². The Hall–Kier alpha value is -3.08. The normalized spacial score (nSPS) is 11.6. The van der Waals surface area contributed by atoms with Crippen LogP contribution in [0.2, 0.25) is 0 Å². The molecule has 3 aromatic heterocycles. The number of anilines is 1. The number of oxazole rings is 1. The molecule has 8 nitrogen and oxygen atoms in total. The Kier molecular flexibility index (Phi) is 4.22. The quantitative estimate of drug-likeness (QED) is 0.527. The van der Waals surface area contributed by atoms with Crippen LogP contribution in [0.3, 0.4) is 0 Å². The van der Waals surface area contributed by atoms with Crippen LogP contribution >= 0.6 is 15.9 Å². The molecule has 0 bridgehead atoms. The van der Waals surface area contributed by atoms with E-state index in [0.29, 0.717) is 10.2 Å². The number of fused-ring (bicyclic) bond motifs is 1. The van der Waals surface area contributed by atoms with Gasteiger partial charge in [-0.3, -0.25) is 0 Å². The van der Waals surface area contributed by atoms with Gasteiger partial charge in [0.1, 0.15) is 12.2 Å². The molecular formula is C16H11BrF2N6O2. The SMILES string of the molecule is Nc1nc(-c2ccccc2)c(Br)c2nn(Cc3ocnc3C(F)F)c(=O)n12. The molecule has 0 fully saturated rings. The third-order valence-electron chi connectivity index (χ3n) is 3.92. The number of alkyl halides is 2. The van der Waals surface area contributed by atoms with E-state index in [1.54, 1.807) is 0 Å². The number of nitrogens with two attached hydrogens (primary N) is 1. The molecule has 1 aromatic carbocycles. The van der Waals surface area contributed by atoms with E-state index in [1.165, 1.54) is 0 Å². The predicted molar refractivity (Wildman–Crippen MR) is 95.4 cm³/mol. The van der Waals surface area contributed by atoms with Gasteiger partial charge in [0, 0.05) is 5.56 Å². The second-order valence-electron chi connectivity index (χ2n) is 5.56. The van der Waals surface area contributed by atoms with E-state index >= 15 is 0 Å². The minimum Gasteiger partial charge on any atom is -0.446 e. The Bertz CT molecular complexity index is 1190. The molecule has 27 heavy (non-hydrogen) atoms. The van der Waals surface area contributed by atoms with Gasteiger partial charge in [-0.1, -0.05) is 30.3 Å². The van der Waals surface area contributed by atoms with Crippen LogP contribution in [0.4, 0.5) is 14.7 Å². The van der Waals surface area contributed by atoms with Gasteiger partial charge in [0.2, 0.25) is 5.95 Å². The van der Waals surface area contributed by atoms with Crippen LogP contribution in [-0.4, -0.2) is 24.1 Å². The molecule has 2 N–H and O–H groups in total. The molecule has 138 valence electrons. The lowest BCUT2D eigenvalue weighted by Crippen LogP contribution is -2.24. The summed E-state index contributed by atoms with van der Waals surface area (Å²) in [7, 11) is 0. The Morgan fingerprint density at radius 3 is 2.70 bits per heavy atom. The first-order chi connectivity index (χ1) is 13.0. The van der Waals surface area contributed by atoms with Crippen LogP contribution in [0.25, 0.3) is 16.9 Å². The van der Waals surface area contributed by atoms with Gasteiger partial charge in [-0.05, 0) is 15.9 Å². The first-order valence-corrected chi connectivity index (χ1v) is 8.47. The summed E-state index contributed by atoms with van der Waals surface area (Å²) in [6, 6.07) is 9.20. The van der Waals surface area contributed by atoms with Crippen molar-refractivity contribution in [2.75, 3.05) is 5.73 Å². The number of benzene rings is 1. The molecule has 0 spiro atoms. The van der Waals surface area contributed by atoms with Crippen LogP contribution in [0.1, 0.15) is 17.9 Å². The smallest absolute Gasteiger partial charge is 0.353 e. The van der Waals surface area contributed by atoms with Crippen LogP contribution in [0.5, 0.6) is 0 Å². The molecule has 4 rings (SSSR count). The van der Waals surface area contributed by atoms with Crippen molar-refractivity contribution in [1.29, 1.82) is 0 Å². The molecule has 3 heterocycles. The average Bonchev–Trinajstić information content (AvgIpc) is 3.25. The highest BCUT2D eigenvalue weighted by Gasteiger charge is 2.22. The van der Waals surface area contributed by atoms with Crippen molar-refractivity contribution in [3.63, 3.8) is 0 Å². The zero-order valence-corrected chi connectivity index (χ0v) is 15.1. The predicted octanol–water partition coefficient (Wildman–Crippen LogP) is 2.88. The molecule has 0 atom stereocenters. The van der Waals surface area contributed by atoms with E-state index in [4.69, 9.17) is 10.2 Å². The number of halogens is 3. The fourth-order valence-corrected chi connectivity index (χ4v) is 3.25. The summed E-state index contributed by atoms with van der Waals surface area (Å²) >= 11 is 3.41. The largest absolute Gasteiger partial charge is 0.446 e. The lowest BCUT2D eigenvalue weighted by molar-refractivity contribution is 0.144. The van der Waals surface area contributed by atoms with Crippen molar-refractivity contribution >= 4 is 27.5 Å². The van der Waals surface area contributed by atoms with Crippen LogP contribution in [0.15, 0.2) is 50.4 Å². The summed E-state index contributed by atoms with van der Waals surface area (Å²) in [5.74, 6) is -0.226. The van der Waals surface area contributed by atoms with Gasteiger partial charge in [-0.15, -0.1) is 5.10 Å². The zero-order valence-electron chi connectivity index (χ0n) is 13.5. The lowest BCUT2D eigenvalue weighted by atomic mass is 10.1. The number of hydrogen-bond donors (Lipinski definition) is 1. The highest BCUT2D eigenvalue weighted by molar-refractivity contribution is 9.10. The number of hydrogen-bond acceptors (Lipinski definition) is 6. The van der Waals surface area contributed by atoms with E-state index in [2.05, 4.69) is 31.0 Å². The molecule has 11 heteroatoms. The summed E-state index contributed by atoms with van der Waals surface area (Å²) in [5, 5.41) is 4.20. The molecular weight excluding hydrogens is 426 g/mol. The van der Waals surface area contributed by atoms with E-state index in [0.717, 1.165) is 21.0 Å². The maximum Gasteiger partial charge on any atom is 0.353 e. The molecule has 0 aliphatic rings. The summed E-state index contributed by atoms with van der Waals surface area (Å²) in [4.78, 5) is 20.4.